The molecule has 1 aromatic rings. The summed E-state index contributed by atoms with van der Waals surface area (Å²) in [6.45, 7) is 1.76. The molecular formula is C18H23NO4. The minimum atomic E-state index is -0.798. The van der Waals surface area contributed by atoms with E-state index in [1.807, 2.05) is 18.2 Å². The Balaban J connectivity index is 1.55. The van der Waals surface area contributed by atoms with Crippen molar-refractivity contribution in [1.82, 2.24) is 4.90 Å². The molecule has 1 aromatic carbocycles. The van der Waals surface area contributed by atoms with Gasteiger partial charge >= 0.3 is 5.97 Å². The molecule has 1 amide bonds. The second-order valence-corrected chi connectivity index (χ2v) is 6.60. The third-order valence-electron chi connectivity index (χ3n) is 5.18. The zero-order valence-corrected chi connectivity index (χ0v) is 13.2. The number of carboxylic acids is 1. The lowest BCUT2D eigenvalue weighted by Gasteiger charge is -2.33. The maximum atomic E-state index is 12.4. The molecule has 0 aliphatic carbocycles. The first kappa shape index (κ1) is 16.0. The minimum absolute atomic E-state index is 0.0657. The molecule has 0 radical (unpaired) electrons. The number of aliphatic carboxylic acids is 1. The molecule has 0 spiro atoms. The fourth-order valence-electron chi connectivity index (χ4n) is 3.74. The van der Waals surface area contributed by atoms with Crippen LogP contribution in [0, 0.1) is 11.3 Å². The molecule has 2 aliphatic rings. The number of ether oxygens (including phenoxy) is 1. The van der Waals surface area contributed by atoms with E-state index in [0.717, 1.165) is 12.8 Å². The second-order valence-electron chi connectivity index (χ2n) is 6.60. The first-order valence-electron chi connectivity index (χ1n) is 8.25. The molecule has 5 heteroatoms. The van der Waals surface area contributed by atoms with Gasteiger partial charge in [0, 0.05) is 32.0 Å². The normalized spacial score (nSPS) is 26.8. The van der Waals surface area contributed by atoms with Crippen LogP contribution >= 0.6 is 0 Å². The number of likely N-dealkylation sites (tertiary alicyclic amines) is 1. The summed E-state index contributed by atoms with van der Waals surface area (Å²) in [6.07, 6.45) is 2.64. The van der Waals surface area contributed by atoms with Gasteiger partial charge in [0.2, 0.25) is 5.91 Å². The number of fused-ring (bicyclic) bond motifs is 1. The molecule has 0 unspecified atom stereocenters. The van der Waals surface area contributed by atoms with E-state index in [-0.39, 0.29) is 11.8 Å². The molecule has 2 fully saturated rings. The van der Waals surface area contributed by atoms with Crippen LogP contribution in [0.3, 0.4) is 0 Å². The summed E-state index contributed by atoms with van der Waals surface area (Å²) in [4.78, 5) is 25.9. The van der Waals surface area contributed by atoms with Crippen molar-refractivity contribution in [2.75, 3.05) is 26.3 Å². The van der Waals surface area contributed by atoms with Gasteiger partial charge < -0.3 is 14.7 Å². The Labute approximate surface area is 136 Å². The van der Waals surface area contributed by atoms with Gasteiger partial charge in [0.05, 0.1) is 12.0 Å². The van der Waals surface area contributed by atoms with E-state index in [9.17, 15) is 14.7 Å². The first-order valence-corrected chi connectivity index (χ1v) is 8.25. The van der Waals surface area contributed by atoms with Crippen LogP contribution in [0.15, 0.2) is 30.3 Å². The molecule has 5 nitrogen and oxygen atoms in total. The van der Waals surface area contributed by atoms with Gasteiger partial charge in [-0.3, -0.25) is 9.59 Å². The average molecular weight is 317 g/mol. The number of carbonyl (C=O) groups is 2. The van der Waals surface area contributed by atoms with Crippen LogP contribution in [0.5, 0.6) is 0 Å². The third-order valence-corrected chi connectivity index (χ3v) is 5.18. The number of rotatable bonds is 5. The Kier molecular flexibility index (Phi) is 4.66. The minimum Gasteiger partial charge on any atom is -0.481 e. The van der Waals surface area contributed by atoms with Gasteiger partial charge in [-0.1, -0.05) is 30.3 Å². The van der Waals surface area contributed by atoms with Crippen LogP contribution < -0.4 is 0 Å². The number of benzene rings is 1. The number of hydrogen-bond donors (Lipinski definition) is 1. The number of aryl methyl sites for hydroxylation is 1. The van der Waals surface area contributed by atoms with E-state index in [2.05, 4.69) is 12.1 Å². The van der Waals surface area contributed by atoms with Crippen LogP contribution in [-0.2, 0) is 20.7 Å². The summed E-state index contributed by atoms with van der Waals surface area (Å²) < 4.78 is 5.42. The van der Waals surface area contributed by atoms with Gasteiger partial charge in [0.25, 0.3) is 0 Å². The summed E-state index contributed by atoms with van der Waals surface area (Å²) >= 11 is 0. The number of carbonyl (C=O) groups excluding carboxylic acids is 1. The fraction of sp³-hybridized carbons (Fsp3) is 0.556. The van der Waals surface area contributed by atoms with Crippen LogP contribution in [0.4, 0.5) is 0 Å². The van der Waals surface area contributed by atoms with Crippen molar-refractivity contribution in [3.8, 4) is 0 Å². The maximum Gasteiger partial charge on any atom is 0.311 e. The number of nitrogens with zero attached hydrogens (tertiary/aromatic N) is 1. The van der Waals surface area contributed by atoms with Crippen LogP contribution in [-0.4, -0.2) is 48.2 Å². The predicted octanol–water partition coefficient (Wildman–Crippen LogP) is 1.96. The van der Waals surface area contributed by atoms with E-state index in [4.69, 9.17) is 4.74 Å². The predicted molar refractivity (Wildman–Crippen MR) is 85.0 cm³/mol. The topological polar surface area (TPSA) is 66.8 Å². The van der Waals surface area contributed by atoms with E-state index < -0.39 is 11.4 Å². The molecule has 2 atom stereocenters. The Bertz CT molecular complexity index is 574. The SMILES string of the molecule is O=C(CCCc1ccccc1)N1C[C@H]2COCC[C@@]2(C(=O)O)C1. The Morgan fingerprint density at radius 3 is 2.78 bits per heavy atom. The second kappa shape index (κ2) is 6.71. The summed E-state index contributed by atoms with van der Waals surface area (Å²) in [5, 5.41) is 9.63. The monoisotopic (exact) mass is 317 g/mol. The Hall–Kier alpha value is -1.88. The summed E-state index contributed by atoms with van der Waals surface area (Å²) in [6, 6.07) is 10.1. The van der Waals surface area contributed by atoms with Gasteiger partial charge in [-0.05, 0) is 24.8 Å². The van der Waals surface area contributed by atoms with E-state index in [1.54, 1.807) is 4.90 Å². The zero-order valence-electron chi connectivity index (χ0n) is 13.2. The third kappa shape index (κ3) is 3.24. The highest BCUT2D eigenvalue weighted by molar-refractivity contribution is 5.81. The highest BCUT2D eigenvalue weighted by Crippen LogP contribution is 2.42. The lowest BCUT2D eigenvalue weighted by molar-refractivity contribution is -0.157. The van der Waals surface area contributed by atoms with Crippen molar-refractivity contribution in [3.05, 3.63) is 35.9 Å². The van der Waals surface area contributed by atoms with Crippen molar-refractivity contribution in [2.45, 2.75) is 25.7 Å². The fourth-order valence-corrected chi connectivity index (χ4v) is 3.74. The molecule has 3 rings (SSSR count). The molecule has 0 bridgehead atoms. The maximum absolute atomic E-state index is 12.4. The van der Waals surface area contributed by atoms with Crippen LogP contribution in [0.2, 0.25) is 0 Å². The van der Waals surface area contributed by atoms with Gasteiger partial charge in [-0.2, -0.15) is 0 Å². The molecular weight excluding hydrogens is 294 g/mol. The summed E-state index contributed by atoms with van der Waals surface area (Å²) in [7, 11) is 0. The van der Waals surface area contributed by atoms with Crippen LogP contribution in [0.25, 0.3) is 0 Å². The lowest BCUT2D eigenvalue weighted by atomic mass is 9.74. The number of hydrogen-bond acceptors (Lipinski definition) is 3. The first-order chi connectivity index (χ1) is 11.1. The van der Waals surface area contributed by atoms with Gasteiger partial charge in [-0.15, -0.1) is 0 Å². The molecule has 1 N–H and O–H groups in total. The number of carboxylic acid groups (broad SMARTS) is 1. The standard InChI is InChI=1S/C18H23NO4/c20-16(8-4-7-14-5-2-1-3-6-14)19-11-15-12-23-10-9-18(15,13-19)17(21)22/h1-3,5-6,15H,4,7-13H2,(H,21,22)/t15-,18+/m0/s1. The average Bonchev–Trinajstić information content (AvgIpc) is 2.97. The molecule has 0 saturated carbocycles. The van der Waals surface area contributed by atoms with Crippen molar-refractivity contribution in [2.24, 2.45) is 11.3 Å². The van der Waals surface area contributed by atoms with Crippen molar-refractivity contribution >= 4 is 11.9 Å². The lowest BCUT2D eigenvalue weighted by Crippen LogP contribution is -2.45. The van der Waals surface area contributed by atoms with E-state index in [1.165, 1.54) is 5.56 Å². The summed E-state index contributed by atoms with van der Waals surface area (Å²) in [5.74, 6) is -0.798. The van der Waals surface area contributed by atoms with Crippen molar-refractivity contribution < 1.29 is 19.4 Å². The van der Waals surface area contributed by atoms with Gasteiger partial charge in [0.15, 0.2) is 0 Å². The van der Waals surface area contributed by atoms with E-state index >= 15 is 0 Å². The van der Waals surface area contributed by atoms with Crippen molar-refractivity contribution in [1.29, 1.82) is 0 Å². The molecule has 2 aliphatic heterocycles. The molecule has 0 aromatic heterocycles. The Morgan fingerprint density at radius 2 is 2.09 bits per heavy atom. The molecule has 2 heterocycles. The molecule has 2 saturated heterocycles. The van der Waals surface area contributed by atoms with Crippen molar-refractivity contribution in [3.63, 3.8) is 0 Å². The smallest absolute Gasteiger partial charge is 0.311 e. The highest BCUT2D eigenvalue weighted by atomic mass is 16.5. The largest absolute Gasteiger partial charge is 0.481 e. The van der Waals surface area contributed by atoms with E-state index in [0.29, 0.717) is 39.1 Å². The quantitative estimate of drug-likeness (QED) is 0.901. The highest BCUT2D eigenvalue weighted by Gasteiger charge is 2.54. The van der Waals surface area contributed by atoms with Gasteiger partial charge in [-0.25, -0.2) is 0 Å². The zero-order chi connectivity index (χ0) is 16.3. The molecule has 124 valence electrons. The van der Waals surface area contributed by atoms with Crippen LogP contribution in [0.1, 0.15) is 24.8 Å². The Morgan fingerprint density at radius 1 is 1.30 bits per heavy atom. The summed E-state index contributed by atoms with van der Waals surface area (Å²) in [5.41, 5.74) is 0.429. The van der Waals surface area contributed by atoms with Gasteiger partial charge in [0.1, 0.15) is 0 Å². The number of amides is 1. The molecule has 23 heavy (non-hydrogen) atoms.